The summed E-state index contributed by atoms with van der Waals surface area (Å²) in [5, 5.41) is 2.49. The quantitative estimate of drug-likeness (QED) is 0.875. The topological polar surface area (TPSA) is 72.5 Å². The number of halogens is 1. The highest BCUT2D eigenvalue weighted by molar-refractivity contribution is 8.13. The van der Waals surface area contributed by atoms with Crippen molar-refractivity contribution in [3.63, 3.8) is 0 Å². The molecule has 0 saturated heterocycles. The molecule has 0 aromatic heterocycles. The second kappa shape index (κ2) is 6.60. The van der Waals surface area contributed by atoms with Crippen molar-refractivity contribution < 1.29 is 17.9 Å². The fourth-order valence-corrected chi connectivity index (χ4v) is 2.35. The zero-order valence-electron chi connectivity index (χ0n) is 10.8. The minimum absolute atomic E-state index is 0.0348. The van der Waals surface area contributed by atoms with Gasteiger partial charge in [0.25, 0.3) is 9.05 Å². The number of hydrogen-bond donors (Lipinski definition) is 1. The molecule has 110 valence electrons. The number of carbonyl (C=O) groups is 1. The van der Waals surface area contributed by atoms with Crippen molar-refractivity contribution in [2.24, 2.45) is 0 Å². The predicted octanol–water partition coefficient (Wildman–Crippen LogP) is 3.36. The van der Waals surface area contributed by atoms with Crippen molar-refractivity contribution in [3.05, 3.63) is 60.2 Å². The Kier molecular flexibility index (Phi) is 4.82. The second-order valence-electron chi connectivity index (χ2n) is 4.15. The van der Waals surface area contributed by atoms with Gasteiger partial charge in [-0.2, -0.15) is 0 Å². The summed E-state index contributed by atoms with van der Waals surface area (Å²) in [6.45, 7) is 0.154. The van der Waals surface area contributed by atoms with E-state index >= 15 is 0 Å². The molecule has 7 heteroatoms. The van der Waals surface area contributed by atoms with Crippen molar-refractivity contribution in [1.82, 2.24) is 0 Å². The van der Waals surface area contributed by atoms with E-state index in [4.69, 9.17) is 15.4 Å². The Hall–Kier alpha value is -2.05. The monoisotopic (exact) mass is 325 g/mol. The van der Waals surface area contributed by atoms with Crippen LogP contribution in [-0.4, -0.2) is 14.5 Å². The summed E-state index contributed by atoms with van der Waals surface area (Å²) in [6, 6.07) is 14.7. The zero-order valence-corrected chi connectivity index (χ0v) is 12.4. The van der Waals surface area contributed by atoms with Crippen LogP contribution in [0.5, 0.6) is 0 Å². The number of rotatable bonds is 4. The SMILES string of the molecule is O=C(Nc1ccc(S(=O)(=O)Cl)cc1)OCc1ccccc1. The molecule has 0 heterocycles. The van der Waals surface area contributed by atoms with Gasteiger partial charge in [0.1, 0.15) is 6.61 Å². The highest BCUT2D eigenvalue weighted by Gasteiger charge is 2.10. The first kappa shape index (κ1) is 15.3. The van der Waals surface area contributed by atoms with Gasteiger partial charge in [0.05, 0.1) is 4.90 Å². The van der Waals surface area contributed by atoms with Crippen molar-refractivity contribution in [2.45, 2.75) is 11.5 Å². The van der Waals surface area contributed by atoms with Crippen LogP contribution in [0.4, 0.5) is 10.5 Å². The minimum Gasteiger partial charge on any atom is -0.444 e. The van der Waals surface area contributed by atoms with Crippen LogP contribution in [-0.2, 0) is 20.4 Å². The van der Waals surface area contributed by atoms with Gasteiger partial charge in [0.2, 0.25) is 0 Å². The zero-order chi connectivity index (χ0) is 15.3. The standard InChI is InChI=1S/C14H12ClNO4S/c15-21(18,19)13-8-6-12(7-9-13)16-14(17)20-10-11-4-2-1-3-5-11/h1-9H,10H2,(H,16,17). The predicted molar refractivity (Wildman–Crippen MR) is 79.7 cm³/mol. The smallest absolute Gasteiger partial charge is 0.411 e. The van der Waals surface area contributed by atoms with Crippen LogP contribution < -0.4 is 5.32 Å². The molecular weight excluding hydrogens is 314 g/mol. The first-order valence-electron chi connectivity index (χ1n) is 5.97. The van der Waals surface area contributed by atoms with Gasteiger partial charge in [-0.3, -0.25) is 5.32 Å². The Bertz CT molecular complexity index is 714. The van der Waals surface area contributed by atoms with Crippen molar-refractivity contribution >= 4 is 31.5 Å². The van der Waals surface area contributed by atoms with Gasteiger partial charge in [-0.1, -0.05) is 30.3 Å². The number of carbonyl (C=O) groups excluding carboxylic acids is 1. The summed E-state index contributed by atoms with van der Waals surface area (Å²) in [5.74, 6) is 0. The minimum atomic E-state index is -3.77. The van der Waals surface area contributed by atoms with Crippen LogP contribution in [0.25, 0.3) is 0 Å². The molecule has 2 aromatic carbocycles. The first-order chi connectivity index (χ1) is 9.95. The highest BCUT2D eigenvalue weighted by atomic mass is 35.7. The maximum atomic E-state index is 11.6. The maximum Gasteiger partial charge on any atom is 0.411 e. The lowest BCUT2D eigenvalue weighted by molar-refractivity contribution is 0.155. The number of hydrogen-bond acceptors (Lipinski definition) is 4. The lowest BCUT2D eigenvalue weighted by atomic mass is 10.2. The molecule has 0 saturated carbocycles. The van der Waals surface area contributed by atoms with Gasteiger partial charge < -0.3 is 4.74 Å². The second-order valence-corrected chi connectivity index (χ2v) is 6.71. The maximum absolute atomic E-state index is 11.6. The third-order valence-corrected chi connectivity index (χ3v) is 3.96. The van der Waals surface area contributed by atoms with E-state index in [1.54, 1.807) is 0 Å². The lowest BCUT2D eigenvalue weighted by Gasteiger charge is -2.07. The molecule has 0 spiro atoms. The van der Waals surface area contributed by atoms with Crippen molar-refractivity contribution in [2.75, 3.05) is 5.32 Å². The van der Waals surface area contributed by atoms with E-state index in [1.165, 1.54) is 24.3 Å². The molecule has 0 aliphatic heterocycles. The Balaban J connectivity index is 1.91. The van der Waals surface area contributed by atoms with Gasteiger partial charge >= 0.3 is 6.09 Å². The summed E-state index contributed by atoms with van der Waals surface area (Å²) in [5.41, 5.74) is 1.29. The number of benzene rings is 2. The summed E-state index contributed by atoms with van der Waals surface area (Å²) in [4.78, 5) is 11.6. The van der Waals surface area contributed by atoms with Gasteiger partial charge in [0.15, 0.2) is 0 Å². The summed E-state index contributed by atoms with van der Waals surface area (Å²) < 4.78 is 27.2. The van der Waals surface area contributed by atoms with Crippen LogP contribution in [0.1, 0.15) is 5.56 Å². The molecule has 0 aliphatic carbocycles. The Morgan fingerprint density at radius 3 is 2.24 bits per heavy atom. The van der Waals surface area contributed by atoms with Crippen molar-refractivity contribution in [1.29, 1.82) is 0 Å². The van der Waals surface area contributed by atoms with Crippen molar-refractivity contribution in [3.8, 4) is 0 Å². The van der Waals surface area contributed by atoms with Gasteiger partial charge in [-0.05, 0) is 29.8 Å². The van der Waals surface area contributed by atoms with E-state index in [2.05, 4.69) is 5.32 Å². The Morgan fingerprint density at radius 2 is 1.67 bits per heavy atom. The molecule has 2 rings (SSSR count). The van der Waals surface area contributed by atoms with E-state index in [-0.39, 0.29) is 11.5 Å². The highest BCUT2D eigenvalue weighted by Crippen LogP contribution is 2.17. The van der Waals surface area contributed by atoms with E-state index in [0.717, 1.165) is 5.56 Å². The van der Waals surface area contributed by atoms with Crippen LogP contribution >= 0.6 is 10.7 Å². The third kappa shape index (κ3) is 4.77. The fraction of sp³-hybridized carbons (Fsp3) is 0.0714. The molecular formula is C14H12ClNO4S. The first-order valence-corrected chi connectivity index (χ1v) is 8.28. The van der Waals surface area contributed by atoms with E-state index in [0.29, 0.717) is 5.69 Å². The molecule has 21 heavy (non-hydrogen) atoms. The van der Waals surface area contributed by atoms with Crippen LogP contribution in [0, 0.1) is 0 Å². The molecule has 0 radical (unpaired) electrons. The van der Waals surface area contributed by atoms with Gasteiger partial charge in [-0.15, -0.1) is 0 Å². The number of anilines is 1. The van der Waals surface area contributed by atoms with Crippen LogP contribution in [0.15, 0.2) is 59.5 Å². The molecule has 1 amide bonds. The molecule has 0 aliphatic rings. The average Bonchev–Trinajstić information content (AvgIpc) is 2.46. The molecule has 0 atom stereocenters. The molecule has 0 bridgehead atoms. The molecule has 0 fully saturated rings. The average molecular weight is 326 g/mol. The normalized spacial score (nSPS) is 10.9. The van der Waals surface area contributed by atoms with Gasteiger partial charge in [-0.25, -0.2) is 13.2 Å². The van der Waals surface area contributed by atoms with Gasteiger partial charge in [0, 0.05) is 16.4 Å². The summed E-state index contributed by atoms with van der Waals surface area (Å²) in [6.07, 6.45) is -0.625. The van der Waals surface area contributed by atoms with Crippen LogP contribution in [0.2, 0.25) is 0 Å². The Morgan fingerprint density at radius 1 is 1.05 bits per heavy atom. The summed E-state index contributed by atoms with van der Waals surface area (Å²) >= 11 is 0. The van der Waals surface area contributed by atoms with E-state index < -0.39 is 15.1 Å². The molecule has 2 aromatic rings. The van der Waals surface area contributed by atoms with E-state index in [1.807, 2.05) is 30.3 Å². The van der Waals surface area contributed by atoms with Crippen LogP contribution in [0.3, 0.4) is 0 Å². The lowest BCUT2D eigenvalue weighted by Crippen LogP contribution is -2.13. The summed E-state index contributed by atoms with van der Waals surface area (Å²) in [7, 11) is 1.43. The number of amides is 1. The molecule has 0 unspecified atom stereocenters. The number of nitrogens with one attached hydrogen (secondary N) is 1. The number of ether oxygens (including phenoxy) is 1. The molecule has 5 nitrogen and oxygen atoms in total. The Labute approximate surface area is 126 Å². The largest absolute Gasteiger partial charge is 0.444 e. The third-order valence-electron chi connectivity index (χ3n) is 2.60. The van der Waals surface area contributed by atoms with E-state index in [9.17, 15) is 13.2 Å². The molecule has 1 N–H and O–H groups in total. The fourth-order valence-electron chi connectivity index (χ4n) is 1.58.